The van der Waals surface area contributed by atoms with Crippen molar-refractivity contribution in [1.82, 2.24) is 15.1 Å². The monoisotopic (exact) mass is 378 g/mol. The second-order valence-electron chi connectivity index (χ2n) is 7.00. The first-order valence-corrected chi connectivity index (χ1v) is 9.50. The smallest absolute Gasteiger partial charge is 0.310 e. The predicted molar refractivity (Wildman–Crippen MR) is 105 cm³/mol. The fraction of sp³-hybridized carbons (Fsp3) is 0.600. The number of carbonyl (C=O) groups excluding carboxylic acids is 1. The van der Waals surface area contributed by atoms with Crippen molar-refractivity contribution < 1.29 is 13.9 Å². The van der Waals surface area contributed by atoms with E-state index in [0.29, 0.717) is 19.7 Å². The molecule has 0 bridgehead atoms. The van der Waals surface area contributed by atoms with Gasteiger partial charge in [0.2, 0.25) is 0 Å². The fourth-order valence-corrected chi connectivity index (χ4v) is 3.43. The molecule has 1 heterocycles. The molecule has 1 aliphatic heterocycles. The first-order valence-electron chi connectivity index (χ1n) is 9.50. The molecule has 0 aliphatic carbocycles. The Hall–Kier alpha value is -2.15. The second-order valence-corrected chi connectivity index (χ2v) is 7.00. The van der Waals surface area contributed by atoms with Crippen molar-refractivity contribution >= 4 is 11.9 Å². The van der Waals surface area contributed by atoms with Crippen molar-refractivity contribution in [3.63, 3.8) is 0 Å². The molecule has 0 saturated carbocycles. The number of hydrogen-bond donors (Lipinski definition) is 1. The molecule has 6 nitrogen and oxygen atoms in total. The third kappa shape index (κ3) is 5.92. The van der Waals surface area contributed by atoms with Gasteiger partial charge in [0.1, 0.15) is 5.82 Å². The maximum Gasteiger partial charge on any atom is 0.310 e. The Labute approximate surface area is 161 Å². The number of benzene rings is 1. The SMILES string of the molecule is CCOC(=O)C1CCCN(C(=NC)NCC(c2ccc(F)cc2)N(C)C)C1. The van der Waals surface area contributed by atoms with Gasteiger partial charge in [-0.3, -0.25) is 9.79 Å². The highest BCUT2D eigenvalue weighted by Gasteiger charge is 2.28. The Morgan fingerprint density at radius 3 is 2.70 bits per heavy atom. The molecule has 0 spiro atoms. The van der Waals surface area contributed by atoms with Gasteiger partial charge in [0.05, 0.1) is 18.6 Å². The van der Waals surface area contributed by atoms with E-state index in [2.05, 4.69) is 20.1 Å². The molecule has 2 unspecified atom stereocenters. The second kappa shape index (κ2) is 10.3. The lowest BCUT2D eigenvalue weighted by molar-refractivity contribution is -0.149. The summed E-state index contributed by atoms with van der Waals surface area (Å²) in [7, 11) is 5.74. The average molecular weight is 378 g/mol. The molecular formula is C20H31FN4O2. The molecule has 27 heavy (non-hydrogen) atoms. The van der Waals surface area contributed by atoms with Crippen LogP contribution in [0.4, 0.5) is 4.39 Å². The number of likely N-dealkylation sites (N-methyl/N-ethyl adjacent to an activating group) is 1. The number of carbonyl (C=O) groups is 1. The zero-order valence-corrected chi connectivity index (χ0v) is 16.7. The molecule has 1 aromatic carbocycles. The number of ether oxygens (including phenoxy) is 1. The number of nitrogens with one attached hydrogen (secondary N) is 1. The molecule has 1 fully saturated rings. The summed E-state index contributed by atoms with van der Waals surface area (Å²) in [5.74, 6) is 0.297. The van der Waals surface area contributed by atoms with Crippen LogP contribution in [0.15, 0.2) is 29.3 Å². The summed E-state index contributed by atoms with van der Waals surface area (Å²) in [4.78, 5) is 20.7. The molecular weight excluding hydrogens is 347 g/mol. The van der Waals surface area contributed by atoms with E-state index in [1.165, 1.54) is 12.1 Å². The molecule has 7 heteroatoms. The molecule has 150 valence electrons. The van der Waals surface area contributed by atoms with Gasteiger partial charge < -0.3 is 19.9 Å². The lowest BCUT2D eigenvalue weighted by Crippen LogP contribution is -2.49. The van der Waals surface area contributed by atoms with Gasteiger partial charge >= 0.3 is 5.97 Å². The van der Waals surface area contributed by atoms with E-state index >= 15 is 0 Å². The van der Waals surface area contributed by atoms with E-state index in [4.69, 9.17) is 4.74 Å². The summed E-state index contributed by atoms with van der Waals surface area (Å²) in [6.45, 7) is 4.34. The number of hydrogen-bond acceptors (Lipinski definition) is 4. The minimum atomic E-state index is -0.238. The van der Waals surface area contributed by atoms with Crippen LogP contribution in [0.3, 0.4) is 0 Å². The molecule has 0 amide bonds. The van der Waals surface area contributed by atoms with E-state index in [-0.39, 0.29) is 23.7 Å². The summed E-state index contributed by atoms with van der Waals surface area (Å²) >= 11 is 0. The van der Waals surface area contributed by atoms with Gasteiger partial charge in [-0.2, -0.15) is 0 Å². The Morgan fingerprint density at radius 1 is 1.41 bits per heavy atom. The topological polar surface area (TPSA) is 57.2 Å². The zero-order chi connectivity index (χ0) is 19.8. The van der Waals surface area contributed by atoms with Crippen LogP contribution >= 0.6 is 0 Å². The van der Waals surface area contributed by atoms with Gasteiger partial charge in [-0.05, 0) is 51.6 Å². The molecule has 0 radical (unpaired) electrons. The number of likely N-dealkylation sites (tertiary alicyclic amines) is 1. The Morgan fingerprint density at radius 2 is 2.11 bits per heavy atom. The number of aliphatic imine (C=N–C) groups is 1. The van der Waals surface area contributed by atoms with Crippen LogP contribution in [0.5, 0.6) is 0 Å². The summed E-state index contributed by atoms with van der Waals surface area (Å²) in [5, 5.41) is 3.41. The van der Waals surface area contributed by atoms with Crippen LogP contribution in [-0.4, -0.2) is 69.1 Å². The van der Waals surface area contributed by atoms with Crippen LogP contribution in [0.25, 0.3) is 0 Å². The minimum absolute atomic E-state index is 0.0768. The van der Waals surface area contributed by atoms with Crippen LogP contribution in [0.1, 0.15) is 31.4 Å². The van der Waals surface area contributed by atoms with Crippen molar-refractivity contribution in [3.8, 4) is 0 Å². The van der Waals surface area contributed by atoms with E-state index in [1.807, 2.05) is 33.2 Å². The van der Waals surface area contributed by atoms with Gasteiger partial charge in [0, 0.05) is 26.7 Å². The maximum absolute atomic E-state index is 13.2. The highest BCUT2D eigenvalue weighted by atomic mass is 19.1. The van der Waals surface area contributed by atoms with Gasteiger partial charge in [0.15, 0.2) is 5.96 Å². The third-order valence-electron chi connectivity index (χ3n) is 4.88. The van der Waals surface area contributed by atoms with Crippen molar-refractivity contribution in [2.24, 2.45) is 10.9 Å². The van der Waals surface area contributed by atoms with E-state index < -0.39 is 0 Å². The Balaban J connectivity index is 2.00. The van der Waals surface area contributed by atoms with E-state index in [0.717, 1.165) is 30.9 Å². The Bertz CT molecular complexity index is 633. The first-order chi connectivity index (χ1) is 13.0. The number of guanidine groups is 1. The maximum atomic E-state index is 13.2. The van der Waals surface area contributed by atoms with Gasteiger partial charge in [-0.25, -0.2) is 4.39 Å². The summed E-state index contributed by atoms with van der Waals surface area (Å²) in [5.41, 5.74) is 1.03. The third-order valence-corrected chi connectivity index (χ3v) is 4.88. The number of piperidine rings is 1. The minimum Gasteiger partial charge on any atom is -0.466 e. The standard InChI is InChI=1S/C20H31FN4O2/c1-5-27-19(26)16-7-6-12-25(14-16)20(22-2)23-13-18(24(3)4)15-8-10-17(21)11-9-15/h8-11,16,18H,5-7,12-14H2,1-4H3,(H,22,23). The molecule has 1 aliphatic rings. The number of rotatable bonds is 6. The van der Waals surface area contributed by atoms with Gasteiger partial charge in [0.25, 0.3) is 0 Å². The summed E-state index contributed by atoms with van der Waals surface area (Å²) < 4.78 is 18.4. The quantitative estimate of drug-likeness (QED) is 0.468. The van der Waals surface area contributed by atoms with Gasteiger partial charge in [-0.1, -0.05) is 12.1 Å². The van der Waals surface area contributed by atoms with Gasteiger partial charge in [-0.15, -0.1) is 0 Å². The normalized spacial score (nSPS) is 19.1. The lowest BCUT2D eigenvalue weighted by Gasteiger charge is -2.35. The van der Waals surface area contributed by atoms with E-state index in [1.54, 1.807) is 7.05 Å². The molecule has 1 saturated heterocycles. The van der Waals surface area contributed by atoms with Crippen LogP contribution in [0, 0.1) is 11.7 Å². The zero-order valence-electron chi connectivity index (χ0n) is 16.7. The predicted octanol–water partition coefficient (Wildman–Crippen LogP) is 2.28. The lowest BCUT2D eigenvalue weighted by atomic mass is 9.98. The van der Waals surface area contributed by atoms with Crippen LogP contribution in [0.2, 0.25) is 0 Å². The van der Waals surface area contributed by atoms with Crippen LogP contribution < -0.4 is 5.32 Å². The van der Waals surface area contributed by atoms with Crippen molar-refractivity contribution in [1.29, 1.82) is 0 Å². The highest BCUT2D eigenvalue weighted by Crippen LogP contribution is 2.20. The summed E-state index contributed by atoms with van der Waals surface area (Å²) in [6, 6.07) is 6.65. The largest absolute Gasteiger partial charge is 0.466 e. The highest BCUT2D eigenvalue weighted by molar-refractivity contribution is 5.81. The number of esters is 1. The first kappa shape index (κ1) is 21.2. The Kier molecular flexibility index (Phi) is 8.03. The van der Waals surface area contributed by atoms with Crippen molar-refractivity contribution in [3.05, 3.63) is 35.6 Å². The fourth-order valence-electron chi connectivity index (χ4n) is 3.43. The molecule has 2 atom stereocenters. The average Bonchev–Trinajstić information content (AvgIpc) is 2.66. The molecule has 0 aromatic heterocycles. The molecule has 2 rings (SSSR count). The molecule has 1 aromatic rings. The summed E-state index contributed by atoms with van der Waals surface area (Å²) in [6.07, 6.45) is 1.78. The molecule has 1 N–H and O–H groups in total. The van der Waals surface area contributed by atoms with Crippen molar-refractivity contribution in [2.75, 3.05) is 47.4 Å². The van der Waals surface area contributed by atoms with E-state index in [9.17, 15) is 9.18 Å². The van der Waals surface area contributed by atoms with Crippen molar-refractivity contribution in [2.45, 2.75) is 25.8 Å². The number of nitrogens with zero attached hydrogens (tertiary/aromatic N) is 3. The van der Waals surface area contributed by atoms with Crippen LogP contribution in [-0.2, 0) is 9.53 Å². The number of halogens is 1.